The van der Waals surface area contributed by atoms with E-state index in [1.807, 2.05) is 13.8 Å². The summed E-state index contributed by atoms with van der Waals surface area (Å²) in [5.74, 6) is 0. The van der Waals surface area contributed by atoms with Gasteiger partial charge >= 0.3 is 0 Å². The molecule has 1 heteroatoms. The molecule has 0 saturated heterocycles. The van der Waals surface area contributed by atoms with Crippen LogP contribution in [0.1, 0.15) is 13.8 Å². The fourth-order valence-electron chi connectivity index (χ4n) is 0.122. The molecule has 0 spiro atoms. The van der Waals surface area contributed by atoms with Gasteiger partial charge in [0.1, 0.15) is 0 Å². The number of nitrogens with zero attached hydrogens (tertiary/aromatic N) is 1. The van der Waals surface area contributed by atoms with Gasteiger partial charge in [-0.25, -0.2) is 0 Å². The second kappa shape index (κ2) is 16.4. The van der Waals surface area contributed by atoms with Crippen molar-refractivity contribution in [1.29, 1.82) is 0 Å². The molecule has 0 aliphatic heterocycles. The van der Waals surface area contributed by atoms with Gasteiger partial charge in [-0.3, -0.25) is 4.99 Å². The van der Waals surface area contributed by atoms with Crippen LogP contribution in [0.5, 0.6) is 0 Å². The zero-order valence-corrected chi connectivity index (χ0v) is 5.59. The van der Waals surface area contributed by atoms with Crippen LogP contribution in [0.4, 0.5) is 0 Å². The molecule has 0 amide bonds. The third-order valence-corrected chi connectivity index (χ3v) is 0.328. The van der Waals surface area contributed by atoms with Crippen LogP contribution in [0.15, 0.2) is 29.9 Å². The molecule has 0 aromatic heterocycles. The normalized spacial score (nSPS) is 7.25. The lowest BCUT2D eigenvalue weighted by Gasteiger charge is -1.61. The quantitative estimate of drug-likeness (QED) is 0.383. The molecular formula is C7H13N. The first-order chi connectivity index (χ1) is 3.91. The molecule has 0 atom stereocenters. The zero-order valence-electron chi connectivity index (χ0n) is 5.59. The number of aliphatic imine (C=N–C) groups is 1. The maximum atomic E-state index is 3.42. The number of allylic oxidation sites excluding steroid dienone is 2. The lowest BCUT2D eigenvalue weighted by molar-refractivity contribution is 1.50. The summed E-state index contributed by atoms with van der Waals surface area (Å²) in [6.07, 6.45) is 4.94. The highest BCUT2D eigenvalue weighted by Crippen LogP contribution is 1.68. The van der Waals surface area contributed by atoms with Gasteiger partial charge in [0.05, 0.1) is 0 Å². The highest BCUT2D eigenvalue weighted by atomic mass is 14.6. The summed E-state index contributed by atoms with van der Waals surface area (Å²) in [7, 11) is 0. The van der Waals surface area contributed by atoms with Crippen molar-refractivity contribution >= 4 is 6.72 Å². The topological polar surface area (TPSA) is 12.4 Å². The fraction of sp³-hybridized carbons (Fsp3) is 0.286. The Labute approximate surface area is 51.5 Å². The highest BCUT2D eigenvalue weighted by Gasteiger charge is 1.47. The van der Waals surface area contributed by atoms with Gasteiger partial charge in [0.15, 0.2) is 0 Å². The molecule has 0 aliphatic carbocycles. The first-order valence-electron chi connectivity index (χ1n) is 2.65. The van der Waals surface area contributed by atoms with Gasteiger partial charge in [0.25, 0.3) is 0 Å². The highest BCUT2D eigenvalue weighted by molar-refractivity contribution is 5.25. The number of hydrogen-bond acceptors (Lipinski definition) is 1. The maximum Gasteiger partial charge on any atom is 0.0260 e. The monoisotopic (exact) mass is 111 g/mol. The van der Waals surface area contributed by atoms with E-state index in [2.05, 4.69) is 18.3 Å². The van der Waals surface area contributed by atoms with E-state index in [-0.39, 0.29) is 0 Å². The Morgan fingerprint density at radius 3 is 2.00 bits per heavy atom. The van der Waals surface area contributed by atoms with E-state index in [4.69, 9.17) is 0 Å². The summed E-state index contributed by atoms with van der Waals surface area (Å²) in [5.41, 5.74) is 0. The van der Waals surface area contributed by atoms with Crippen molar-refractivity contribution in [2.24, 2.45) is 4.99 Å². The second-order valence-corrected chi connectivity index (χ2v) is 0.760. The summed E-state index contributed by atoms with van der Waals surface area (Å²) < 4.78 is 0. The lowest BCUT2D eigenvalue weighted by atomic mass is 10.6. The Kier molecular flexibility index (Phi) is 21.0. The van der Waals surface area contributed by atoms with Crippen molar-refractivity contribution in [1.82, 2.24) is 0 Å². The maximum absolute atomic E-state index is 3.42. The molecule has 0 radical (unpaired) electrons. The second-order valence-electron chi connectivity index (χ2n) is 0.760. The number of hydrogen-bond donors (Lipinski definition) is 0. The molecular weight excluding hydrogens is 98.1 g/mol. The summed E-state index contributed by atoms with van der Waals surface area (Å²) in [4.78, 5) is 3.42. The van der Waals surface area contributed by atoms with Crippen LogP contribution in [0.2, 0.25) is 0 Å². The molecule has 0 bridgehead atoms. The zero-order chi connectivity index (χ0) is 6.83. The number of rotatable bonds is 2. The Morgan fingerprint density at radius 2 is 1.88 bits per heavy atom. The van der Waals surface area contributed by atoms with Crippen LogP contribution in [-0.4, -0.2) is 6.72 Å². The Morgan fingerprint density at radius 1 is 1.38 bits per heavy atom. The summed E-state index contributed by atoms with van der Waals surface area (Å²) >= 11 is 0. The van der Waals surface area contributed by atoms with E-state index < -0.39 is 0 Å². The van der Waals surface area contributed by atoms with Crippen molar-refractivity contribution in [2.45, 2.75) is 13.8 Å². The van der Waals surface area contributed by atoms with Gasteiger partial charge in [-0.1, -0.05) is 26.5 Å². The van der Waals surface area contributed by atoms with Crippen LogP contribution in [0.25, 0.3) is 0 Å². The predicted octanol–water partition coefficient (Wildman–Crippen LogP) is 2.41. The molecule has 0 aromatic carbocycles. The summed E-state index contributed by atoms with van der Waals surface area (Å²) in [6, 6.07) is 0. The first kappa shape index (κ1) is 10.2. The molecule has 8 heavy (non-hydrogen) atoms. The lowest BCUT2D eigenvalue weighted by Crippen LogP contribution is -1.40. The van der Waals surface area contributed by atoms with Gasteiger partial charge in [0, 0.05) is 6.20 Å². The minimum atomic E-state index is 1.58. The Bertz CT molecular complexity index is 62.5. The van der Waals surface area contributed by atoms with Crippen LogP contribution in [-0.2, 0) is 0 Å². The Hall–Kier alpha value is -0.850. The van der Waals surface area contributed by atoms with Gasteiger partial charge in [-0.15, -0.1) is 0 Å². The van der Waals surface area contributed by atoms with Gasteiger partial charge < -0.3 is 0 Å². The van der Waals surface area contributed by atoms with E-state index >= 15 is 0 Å². The molecule has 0 unspecified atom stereocenters. The van der Waals surface area contributed by atoms with Crippen LogP contribution in [0, 0.1) is 0 Å². The van der Waals surface area contributed by atoms with Crippen LogP contribution < -0.4 is 0 Å². The third kappa shape index (κ3) is 19.2. The van der Waals surface area contributed by atoms with Crippen molar-refractivity contribution < 1.29 is 0 Å². The predicted molar refractivity (Wildman–Crippen MR) is 40.2 cm³/mol. The van der Waals surface area contributed by atoms with Gasteiger partial charge in [0.2, 0.25) is 0 Å². The largest absolute Gasteiger partial charge is 0.273 e. The van der Waals surface area contributed by atoms with Crippen molar-refractivity contribution in [2.75, 3.05) is 0 Å². The molecule has 46 valence electrons. The summed E-state index contributed by atoms with van der Waals surface area (Å²) in [6.45, 7) is 10.6. The van der Waals surface area contributed by atoms with Crippen molar-refractivity contribution in [3.8, 4) is 0 Å². The van der Waals surface area contributed by atoms with Crippen molar-refractivity contribution in [3.63, 3.8) is 0 Å². The van der Waals surface area contributed by atoms with Gasteiger partial charge in [-0.2, -0.15) is 0 Å². The molecule has 0 rings (SSSR count). The van der Waals surface area contributed by atoms with E-state index in [1.54, 1.807) is 18.4 Å². The van der Waals surface area contributed by atoms with E-state index in [0.29, 0.717) is 0 Å². The molecule has 0 fully saturated rings. The molecule has 0 saturated carbocycles. The molecule has 0 N–H and O–H groups in total. The van der Waals surface area contributed by atoms with Crippen LogP contribution >= 0.6 is 0 Å². The van der Waals surface area contributed by atoms with E-state index in [0.717, 1.165) is 0 Å². The summed E-state index contributed by atoms with van der Waals surface area (Å²) in [5, 5.41) is 0. The minimum Gasteiger partial charge on any atom is -0.273 e. The van der Waals surface area contributed by atoms with E-state index in [1.165, 1.54) is 0 Å². The average molecular weight is 111 g/mol. The Balaban J connectivity index is 0. The standard InChI is InChI=1S/C5H7N.C2H6/c1-3-4-5-6-2;1-2/h3-5H,1-2H2;1-2H3/b5-4-;. The smallest absolute Gasteiger partial charge is 0.0260 e. The van der Waals surface area contributed by atoms with E-state index in [9.17, 15) is 0 Å². The average Bonchev–Trinajstić information content (AvgIpc) is 1.88. The minimum absolute atomic E-state index is 1.58. The van der Waals surface area contributed by atoms with Crippen molar-refractivity contribution in [3.05, 3.63) is 24.9 Å². The third-order valence-electron chi connectivity index (χ3n) is 0.328. The SMILES string of the molecule is C=C/C=C\N=C.CC. The molecule has 1 nitrogen and oxygen atoms in total. The van der Waals surface area contributed by atoms with Crippen LogP contribution in [0.3, 0.4) is 0 Å². The van der Waals surface area contributed by atoms with Gasteiger partial charge in [-0.05, 0) is 12.8 Å². The molecule has 0 aliphatic rings. The first-order valence-corrected chi connectivity index (χ1v) is 2.65. The molecule has 0 heterocycles. The fourth-order valence-corrected chi connectivity index (χ4v) is 0.122. The molecule has 0 aromatic rings.